The quantitative estimate of drug-likeness (QED) is 0.794. The lowest BCUT2D eigenvalue weighted by atomic mass is 10.1. The second-order valence-corrected chi connectivity index (χ2v) is 4.79. The van der Waals surface area contributed by atoms with Crippen LogP contribution >= 0.6 is 0 Å². The number of aromatic nitrogens is 3. The van der Waals surface area contributed by atoms with E-state index in [0.717, 1.165) is 12.1 Å². The molecule has 0 aliphatic rings. The fraction of sp³-hybridized carbons (Fsp3) is 0.0625. The molecule has 3 aromatic rings. The van der Waals surface area contributed by atoms with Crippen molar-refractivity contribution in [3.63, 3.8) is 0 Å². The van der Waals surface area contributed by atoms with E-state index in [1.807, 2.05) is 0 Å². The Hall–Kier alpha value is -3.16. The normalized spacial score (nSPS) is 11.3. The van der Waals surface area contributed by atoms with Crippen LogP contribution in [-0.4, -0.2) is 15.0 Å². The molecule has 0 saturated heterocycles. The Balaban J connectivity index is 1.91. The second kappa shape index (κ2) is 6.15. The lowest BCUT2D eigenvalue weighted by Gasteiger charge is -2.11. The summed E-state index contributed by atoms with van der Waals surface area (Å²) < 4.78 is 43.3. The summed E-state index contributed by atoms with van der Waals surface area (Å²) in [5, 5.41) is 0. The molecule has 0 unspecified atom stereocenters. The van der Waals surface area contributed by atoms with Gasteiger partial charge in [-0.05, 0) is 36.4 Å². The van der Waals surface area contributed by atoms with Gasteiger partial charge >= 0.3 is 11.9 Å². The molecule has 8 heteroatoms. The molecule has 0 amide bonds. The van der Waals surface area contributed by atoms with Crippen LogP contribution in [0.5, 0.6) is 11.6 Å². The van der Waals surface area contributed by atoms with Gasteiger partial charge in [-0.1, -0.05) is 0 Å². The van der Waals surface area contributed by atoms with E-state index >= 15 is 0 Å². The maximum Gasteiger partial charge on any atom is 0.416 e. The fourth-order valence-corrected chi connectivity index (χ4v) is 2.00. The first-order chi connectivity index (χ1) is 11.4. The van der Waals surface area contributed by atoms with Crippen LogP contribution in [0.15, 0.2) is 59.8 Å². The van der Waals surface area contributed by atoms with Crippen molar-refractivity contribution in [2.24, 2.45) is 0 Å². The van der Waals surface area contributed by atoms with Gasteiger partial charge in [0.1, 0.15) is 5.75 Å². The van der Waals surface area contributed by atoms with Gasteiger partial charge in [-0.15, -0.1) is 0 Å². The number of hydrogen-bond donors (Lipinski definition) is 1. The van der Waals surface area contributed by atoms with Crippen LogP contribution < -0.4 is 10.4 Å². The summed E-state index contributed by atoms with van der Waals surface area (Å²) in [6.07, 6.45) is -0.111. The smallest absolute Gasteiger partial charge is 0.416 e. The number of rotatable bonds is 3. The summed E-state index contributed by atoms with van der Waals surface area (Å²) in [6.45, 7) is 0. The molecule has 0 radical (unpaired) electrons. The Kier molecular flexibility index (Phi) is 4.03. The van der Waals surface area contributed by atoms with Crippen molar-refractivity contribution in [1.29, 1.82) is 0 Å². The first-order valence-corrected chi connectivity index (χ1v) is 6.79. The molecule has 0 fully saturated rings. The highest BCUT2D eigenvalue weighted by Gasteiger charge is 2.30. The van der Waals surface area contributed by atoms with Gasteiger partial charge in [0.2, 0.25) is 5.88 Å². The standard InChI is InChI=1S/C16H10F3N3O2/c17-16(18,19)11-3-5-12(6-4-11)24-14-13(2-1-7-20-14)10-8-21-15(23)22-9-10/h1-9H,(H,21,22,23). The Bertz CT molecular complexity index is 885. The first-order valence-electron chi connectivity index (χ1n) is 6.79. The average molecular weight is 333 g/mol. The van der Waals surface area contributed by atoms with Crippen molar-refractivity contribution < 1.29 is 17.9 Å². The molecule has 122 valence electrons. The molecule has 2 aromatic heterocycles. The number of pyridine rings is 1. The zero-order valence-electron chi connectivity index (χ0n) is 12.0. The number of hydrogen-bond acceptors (Lipinski definition) is 4. The molecule has 3 rings (SSSR count). The SMILES string of the molecule is O=c1ncc(-c2cccnc2Oc2ccc(C(F)(F)F)cc2)c[nH]1. The van der Waals surface area contributed by atoms with E-state index in [4.69, 9.17) is 4.74 Å². The summed E-state index contributed by atoms with van der Waals surface area (Å²) in [4.78, 5) is 21.2. The predicted octanol–water partition coefficient (Wildman–Crippen LogP) is 3.64. The molecule has 0 aliphatic carbocycles. The number of H-pyrrole nitrogens is 1. The van der Waals surface area contributed by atoms with Gasteiger partial charge in [0, 0.05) is 29.7 Å². The van der Waals surface area contributed by atoms with Crippen molar-refractivity contribution in [3.8, 4) is 22.8 Å². The van der Waals surface area contributed by atoms with E-state index in [1.54, 1.807) is 12.1 Å². The largest absolute Gasteiger partial charge is 0.438 e. The lowest BCUT2D eigenvalue weighted by Crippen LogP contribution is -2.08. The van der Waals surface area contributed by atoms with Crippen LogP contribution in [0.25, 0.3) is 11.1 Å². The monoisotopic (exact) mass is 333 g/mol. The van der Waals surface area contributed by atoms with E-state index in [2.05, 4.69) is 15.0 Å². The van der Waals surface area contributed by atoms with Crippen molar-refractivity contribution >= 4 is 0 Å². The molecule has 0 spiro atoms. The number of nitrogens with one attached hydrogen (secondary N) is 1. The van der Waals surface area contributed by atoms with E-state index in [9.17, 15) is 18.0 Å². The number of benzene rings is 1. The summed E-state index contributed by atoms with van der Waals surface area (Å²) in [7, 11) is 0. The van der Waals surface area contributed by atoms with E-state index < -0.39 is 17.4 Å². The molecule has 0 saturated carbocycles. The number of alkyl halides is 3. The van der Waals surface area contributed by atoms with Crippen LogP contribution in [-0.2, 0) is 6.18 Å². The third kappa shape index (κ3) is 3.43. The van der Waals surface area contributed by atoms with Gasteiger partial charge in [-0.25, -0.2) is 14.8 Å². The molecular formula is C16H10F3N3O2. The van der Waals surface area contributed by atoms with Gasteiger partial charge in [-0.2, -0.15) is 13.2 Å². The van der Waals surface area contributed by atoms with Crippen molar-refractivity contribution in [2.45, 2.75) is 6.18 Å². The lowest BCUT2D eigenvalue weighted by molar-refractivity contribution is -0.137. The Labute approximate surface area is 133 Å². The van der Waals surface area contributed by atoms with Gasteiger partial charge in [-0.3, -0.25) is 0 Å². The van der Waals surface area contributed by atoms with Gasteiger partial charge in [0.15, 0.2) is 0 Å². The summed E-state index contributed by atoms with van der Waals surface area (Å²) in [5.41, 5.74) is -0.153. The zero-order chi connectivity index (χ0) is 17.2. The van der Waals surface area contributed by atoms with E-state index in [-0.39, 0.29) is 11.6 Å². The van der Waals surface area contributed by atoms with Crippen LogP contribution in [0.2, 0.25) is 0 Å². The summed E-state index contributed by atoms with van der Waals surface area (Å²) in [6, 6.07) is 7.65. The van der Waals surface area contributed by atoms with Crippen molar-refractivity contribution in [1.82, 2.24) is 15.0 Å². The zero-order valence-corrected chi connectivity index (χ0v) is 12.0. The molecule has 1 aromatic carbocycles. The van der Waals surface area contributed by atoms with Crippen LogP contribution in [0.4, 0.5) is 13.2 Å². The molecule has 2 heterocycles. The minimum Gasteiger partial charge on any atom is -0.438 e. The molecule has 5 nitrogen and oxygen atoms in total. The van der Waals surface area contributed by atoms with Crippen LogP contribution in [0, 0.1) is 0 Å². The summed E-state index contributed by atoms with van der Waals surface area (Å²) >= 11 is 0. The molecule has 24 heavy (non-hydrogen) atoms. The maximum atomic E-state index is 12.6. The number of aromatic amines is 1. The number of nitrogens with zero attached hydrogens (tertiary/aromatic N) is 2. The number of ether oxygens (including phenoxy) is 1. The average Bonchev–Trinajstić information content (AvgIpc) is 2.56. The second-order valence-electron chi connectivity index (χ2n) is 4.79. The van der Waals surface area contributed by atoms with Crippen molar-refractivity contribution in [3.05, 3.63) is 71.0 Å². The van der Waals surface area contributed by atoms with Crippen molar-refractivity contribution in [2.75, 3.05) is 0 Å². The molecule has 0 atom stereocenters. The fourth-order valence-electron chi connectivity index (χ4n) is 2.00. The highest BCUT2D eigenvalue weighted by molar-refractivity contribution is 5.67. The first kappa shape index (κ1) is 15.7. The van der Waals surface area contributed by atoms with Crippen LogP contribution in [0.1, 0.15) is 5.56 Å². The minimum atomic E-state index is -4.41. The highest BCUT2D eigenvalue weighted by atomic mass is 19.4. The highest BCUT2D eigenvalue weighted by Crippen LogP contribution is 2.33. The van der Waals surface area contributed by atoms with Gasteiger partial charge in [0.05, 0.1) is 5.56 Å². The molecule has 0 bridgehead atoms. The summed E-state index contributed by atoms with van der Waals surface area (Å²) in [5.74, 6) is 0.395. The minimum absolute atomic E-state index is 0.186. The Morgan fingerprint density at radius 1 is 1.04 bits per heavy atom. The maximum absolute atomic E-state index is 12.6. The Morgan fingerprint density at radius 3 is 2.42 bits per heavy atom. The third-order valence-corrected chi connectivity index (χ3v) is 3.15. The van der Waals surface area contributed by atoms with E-state index in [1.165, 1.54) is 30.7 Å². The van der Waals surface area contributed by atoms with Gasteiger partial charge < -0.3 is 9.72 Å². The van der Waals surface area contributed by atoms with Gasteiger partial charge in [0.25, 0.3) is 0 Å². The van der Waals surface area contributed by atoms with Crippen LogP contribution in [0.3, 0.4) is 0 Å². The topological polar surface area (TPSA) is 67.9 Å². The predicted molar refractivity (Wildman–Crippen MR) is 79.6 cm³/mol. The molecule has 0 aliphatic heterocycles. The molecular weight excluding hydrogens is 323 g/mol. The van der Waals surface area contributed by atoms with E-state index in [0.29, 0.717) is 11.1 Å². The third-order valence-electron chi connectivity index (χ3n) is 3.15. The number of halogens is 3. The molecule has 1 N–H and O–H groups in total. The Morgan fingerprint density at radius 2 is 1.79 bits per heavy atom.